The standard InChI is InChI=1S/C19H27N5O2.CH2O2/c1-14-17(15(2)26-22-14)11-23-8-3-6-19(12-23,24-9-7-20-13-24)18(25)21-10-16-4-5-16;2-1-3/h7,9,13,16H,3-6,8,10-12H2,1-2H3,(H,21,25);1H,(H,2,3). The molecule has 4 rings (SSSR count). The van der Waals surface area contributed by atoms with Crippen LogP contribution in [0.2, 0.25) is 0 Å². The fourth-order valence-electron chi connectivity index (χ4n) is 3.96. The molecule has 2 N–H and O–H groups in total. The number of likely N-dealkylation sites (tertiary alicyclic amines) is 1. The van der Waals surface area contributed by atoms with Crippen LogP contribution >= 0.6 is 0 Å². The molecule has 2 aliphatic rings. The molecule has 9 heteroatoms. The van der Waals surface area contributed by atoms with Crippen molar-refractivity contribution in [3.05, 3.63) is 35.7 Å². The second kappa shape index (κ2) is 9.21. The van der Waals surface area contributed by atoms with Gasteiger partial charge in [0, 0.05) is 37.6 Å². The maximum Gasteiger partial charge on any atom is 0.290 e. The monoisotopic (exact) mass is 403 g/mol. The van der Waals surface area contributed by atoms with Gasteiger partial charge in [-0.1, -0.05) is 5.16 Å². The van der Waals surface area contributed by atoms with Crippen molar-refractivity contribution in [2.75, 3.05) is 19.6 Å². The van der Waals surface area contributed by atoms with E-state index in [2.05, 4.69) is 20.4 Å². The number of imidazole rings is 1. The molecule has 0 bridgehead atoms. The number of rotatable bonds is 6. The van der Waals surface area contributed by atoms with Crippen LogP contribution in [-0.4, -0.2) is 56.7 Å². The molecule has 2 fully saturated rings. The van der Waals surface area contributed by atoms with Gasteiger partial charge in [0.1, 0.15) is 11.3 Å². The van der Waals surface area contributed by atoms with Gasteiger partial charge >= 0.3 is 0 Å². The van der Waals surface area contributed by atoms with Gasteiger partial charge in [0.15, 0.2) is 0 Å². The minimum Gasteiger partial charge on any atom is -0.483 e. The molecule has 0 radical (unpaired) electrons. The van der Waals surface area contributed by atoms with Crippen LogP contribution in [0.15, 0.2) is 23.2 Å². The molecule has 2 aromatic heterocycles. The number of piperidine rings is 1. The SMILES string of the molecule is Cc1noc(C)c1CN1CCCC(C(=O)NCC2CC2)(n2ccnc2)C1.O=CO. The van der Waals surface area contributed by atoms with Gasteiger partial charge in [-0.3, -0.25) is 14.5 Å². The quantitative estimate of drug-likeness (QED) is 0.706. The Hall–Kier alpha value is -2.68. The molecule has 2 aromatic rings. The predicted molar refractivity (Wildman–Crippen MR) is 105 cm³/mol. The minimum absolute atomic E-state index is 0.117. The summed E-state index contributed by atoms with van der Waals surface area (Å²) in [6.45, 7) is 6.86. The summed E-state index contributed by atoms with van der Waals surface area (Å²) in [6.07, 6.45) is 9.71. The Labute approximate surface area is 170 Å². The first-order valence-electron chi connectivity index (χ1n) is 9.99. The molecule has 1 saturated carbocycles. The molecule has 1 unspecified atom stereocenters. The fraction of sp³-hybridized carbons (Fsp3) is 0.600. The van der Waals surface area contributed by atoms with Gasteiger partial charge in [0.25, 0.3) is 6.47 Å². The molecule has 1 aliphatic carbocycles. The highest BCUT2D eigenvalue weighted by Gasteiger charge is 2.44. The fourth-order valence-corrected chi connectivity index (χ4v) is 3.96. The van der Waals surface area contributed by atoms with Gasteiger partial charge in [-0.2, -0.15) is 0 Å². The second-order valence-corrected chi connectivity index (χ2v) is 7.88. The number of carbonyl (C=O) groups excluding carboxylic acids is 1. The van der Waals surface area contributed by atoms with E-state index >= 15 is 0 Å². The molecule has 0 aromatic carbocycles. The van der Waals surface area contributed by atoms with E-state index in [9.17, 15) is 4.79 Å². The van der Waals surface area contributed by atoms with E-state index in [1.807, 2.05) is 24.6 Å². The van der Waals surface area contributed by atoms with Crippen molar-refractivity contribution in [3.63, 3.8) is 0 Å². The average Bonchev–Trinajstić information content (AvgIpc) is 3.27. The first kappa shape index (κ1) is 21.0. The lowest BCUT2D eigenvalue weighted by molar-refractivity contribution is -0.133. The average molecular weight is 403 g/mol. The highest BCUT2D eigenvalue weighted by molar-refractivity contribution is 5.85. The molecule has 1 aliphatic heterocycles. The smallest absolute Gasteiger partial charge is 0.290 e. The van der Waals surface area contributed by atoms with Crippen molar-refractivity contribution < 1.29 is 19.2 Å². The Bertz CT molecular complexity index is 795. The summed E-state index contributed by atoms with van der Waals surface area (Å²) < 4.78 is 7.30. The van der Waals surface area contributed by atoms with Crippen LogP contribution in [0.4, 0.5) is 0 Å². The van der Waals surface area contributed by atoms with Gasteiger partial charge < -0.3 is 19.5 Å². The largest absolute Gasteiger partial charge is 0.483 e. The third kappa shape index (κ3) is 4.84. The molecule has 1 saturated heterocycles. The molecule has 3 heterocycles. The zero-order valence-electron chi connectivity index (χ0n) is 17.0. The predicted octanol–water partition coefficient (Wildman–Crippen LogP) is 1.71. The van der Waals surface area contributed by atoms with Gasteiger partial charge in [-0.05, 0) is 52.0 Å². The van der Waals surface area contributed by atoms with E-state index in [4.69, 9.17) is 14.4 Å². The molecule has 0 spiro atoms. The van der Waals surface area contributed by atoms with E-state index in [0.29, 0.717) is 12.5 Å². The van der Waals surface area contributed by atoms with E-state index in [1.165, 1.54) is 12.8 Å². The van der Waals surface area contributed by atoms with Gasteiger partial charge in [0.05, 0.1) is 12.0 Å². The maximum absolute atomic E-state index is 13.2. The van der Waals surface area contributed by atoms with E-state index < -0.39 is 5.54 Å². The molecule has 29 heavy (non-hydrogen) atoms. The number of nitrogens with one attached hydrogen (secondary N) is 1. The maximum atomic E-state index is 13.2. The zero-order chi connectivity index (χ0) is 20.9. The van der Waals surface area contributed by atoms with Crippen LogP contribution in [0.3, 0.4) is 0 Å². The van der Waals surface area contributed by atoms with Gasteiger partial charge in [-0.15, -0.1) is 0 Å². The number of hydrogen-bond acceptors (Lipinski definition) is 6. The molecular formula is C20H29N5O4. The van der Waals surface area contributed by atoms with E-state index in [-0.39, 0.29) is 12.4 Å². The summed E-state index contributed by atoms with van der Waals surface area (Å²) in [4.78, 5) is 28.1. The Balaban J connectivity index is 0.000000755. The van der Waals surface area contributed by atoms with E-state index in [1.54, 1.807) is 12.5 Å². The van der Waals surface area contributed by atoms with Crippen molar-refractivity contribution in [2.24, 2.45) is 5.92 Å². The number of aryl methyl sites for hydroxylation is 2. The van der Waals surface area contributed by atoms with Crippen LogP contribution in [0.1, 0.15) is 42.7 Å². The van der Waals surface area contributed by atoms with Gasteiger partial charge in [0.2, 0.25) is 5.91 Å². The highest BCUT2D eigenvalue weighted by atomic mass is 16.5. The van der Waals surface area contributed by atoms with Crippen molar-refractivity contribution >= 4 is 12.4 Å². The molecule has 1 atom stereocenters. The summed E-state index contributed by atoms with van der Waals surface area (Å²) >= 11 is 0. The number of hydrogen-bond donors (Lipinski definition) is 2. The van der Waals surface area contributed by atoms with Crippen LogP contribution in [0, 0.1) is 19.8 Å². The summed E-state index contributed by atoms with van der Waals surface area (Å²) in [5.41, 5.74) is 1.46. The number of carboxylic acid groups (broad SMARTS) is 1. The highest BCUT2D eigenvalue weighted by Crippen LogP contribution is 2.32. The number of carbonyl (C=O) groups is 2. The van der Waals surface area contributed by atoms with Crippen molar-refractivity contribution in [1.29, 1.82) is 0 Å². The van der Waals surface area contributed by atoms with E-state index in [0.717, 1.165) is 49.5 Å². The Kier molecular flexibility index (Phi) is 6.68. The Morgan fingerprint density at radius 3 is 2.79 bits per heavy atom. The summed E-state index contributed by atoms with van der Waals surface area (Å²) in [6, 6.07) is 0. The molecule has 1 amide bonds. The summed E-state index contributed by atoms with van der Waals surface area (Å²) in [7, 11) is 0. The van der Waals surface area contributed by atoms with Crippen molar-refractivity contribution in [3.8, 4) is 0 Å². The Morgan fingerprint density at radius 1 is 1.45 bits per heavy atom. The lowest BCUT2D eigenvalue weighted by Gasteiger charge is -2.42. The lowest BCUT2D eigenvalue weighted by atomic mass is 9.87. The number of amides is 1. The lowest BCUT2D eigenvalue weighted by Crippen LogP contribution is -2.58. The van der Waals surface area contributed by atoms with Crippen LogP contribution in [0.5, 0.6) is 0 Å². The summed E-state index contributed by atoms with van der Waals surface area (Å²) in [5, 5.41) is 14.2. The number of aromatic nitrogens is 3. The molecular weight excluding hydrogens is 374 g/mol. The third-order valence-corrected chi connectivity index (χ3v) is 5.78. The topological polar surface area (TPSA) is 113 Å². The van der Waals surface area contributed by atoms with Crippen LogP contribution in [-0.2, 0) is 21.7 Å². The molecule has 158 valence electrons. The van der Waals surface area contributed by atoms with Gasteiger partial charge in [-0.25, -0.2) is 4.98 Å². The minimum atomic E-state index is -0.595. The Morgan fingerprint density at radius 2 is 2.21 bits per heavy atom. The second-order valence-electron chi connectivity index (χ2n) is 7.88. The van der Waals surface area contributed by atoms with Crippen LogP contribution < -0.4 is 5.32 Å². The number of nitrogens with zero attached hydrogens (tertiary/aromatic N) is 4. The van der Waals surface area contributed by atoms with Crippen molar-refractivity contribution in [2.45, 2.75) is 51.6 Å². The third-order valence-electron chi connectivity index (χ3n) is 5.78. The zero-order valence-corrected chi connectivity index (χ0v) is 17.0. The first-order valence-corrected chi connectivity index (χ1v) is 9.99. The van der Waals surface area contributed by atoms with Crippen LogP contribution in [0.25, 0.3) is 0 Å². The van der Waals surface area contributed by atoms with Crippen molar-refractivity contribution in [1.82, 2.24) is 24.9 Å². The first-order chi connectivity index (χ1) is 14.0. The normalized spacial score (nSPS) is 21.9. The molecule has 9 nitrogen and oxygen atoms in total. The summed E-state index contributed by atoms with van der Waals surface area (Å²) in [5.74, 6) is 1.64.